The Morgan fingerprint density at radius 3 is 2.60 bits per heavy atom. The van der Waals surface area contributed by atoms with Crippen LogP contribution in [0.15, 0.2) is 0 Å². The first kappa shape index (κ1) is 9.29. The van der Waals surface area contributed by atoms with Crippen molar-refractivity contribution in [2.24, 2.45) is 5.73 Å². The molecule has 0 bridgehead atoms. The van der Waals surface area contributed by atoms with E-state index in [0.29, 0.717) is 0 Å². The van der Waals surface area contributed by atoms with Crippen LogP contribution in [0.1, 0.15) is 6.42 Å². The predicted octanol–water partition coefficient (Wildman–Crippen LogP) is 0.143. The summed E-state index contributed by atoms with van der Waals surface area (Å²) in [5.74, 6) is -0.547. The molecule has 0 saturated carbocycles. The van der Waals surface area contributed by atoms with Crippen molar-refractivity contribution in [1.29, 1.82) is 0 Å². The number of carbonyl (C=O) groups excluding carboxylic acids is 1. The van der Waals surface area contributed by atoms with E-state index in [1.54, 1.807) is 0 Å². The largest absolute Gasteiger partial charge is 0.375 e. The van der Waals surface area contributed by atoms with E-state index in [1.165, 1.54) is 0 Å². The second-order valence-corrected chi connectivity index (χ2v) is 1.68. The number of carbonyl (C=O) groups is 1. The second-order valence-electron chi connectivity index (χ2n) is 1.68. The molecule has 60 valence electrons. The standard InChI is InChI=1S/C5H9F2NO2/c6-4(7)3-10-2-1-5(8)9/h4H,1-3H2,(H2,8,9). The van der Waals surface area contributed by atoms with Gasteiger partial charge in [0.2, 0.25) is 5.91 Å². The van der Waals surface area contributed by atoms with E-state index in [2.05, 4.69) is 4.74 Å². The van der Waals surface area contributed by atoms with E-state index in [-0.39, 0.29) is 13.0 Å². The lowest BCUT2D eigenvalue weighted by Gasteiger charge is -1.99. The minimum atomic E-state index is -2.48. The first-order valence-corrected chi connectivity index (χ1v) is 2.77. The zero-order chi connectivity index (χ0) is 7.98. The number of primary amides is 1. The van der Waals surface area contributed by atoms with Gasteiger partial charge in [-0.1, -0.05) is 0 Å². The van der Waals surface area contributed by atoms with Gasteiger partial charge in [-0.25, -0.2) is 8.78 Å². The predicted molar refractivity (Wildman–Crippen MR) is 30.6 cm³/mol. The van der Waals surface area contributed by atoms with Crippen molar-refractivity contribution < 1.29 is 18.3 Å². The average Bonchev–Trinajstić information content (AvgIpc) is 1.79. The second kappa shape index (κ2) is 5.10. The van der Waals surface area contributed by atoms with Gasteiger partial charge in [-0.15, -0.1) is 0 Å². The topological polar surface area (TPSA) is 52.3 Å². The number of alkyl halides is 2. The zero-order valence-corrected chi connectivity index (χ0v) is 5.35. The fourth-order valence-electron chi connectivity index (χ4n) is 0.345. The smallest absolute Gasteiger partial charge is 0.261 e. The van der Waals surface area contributed by atoms with Crippen LogP contribution >= 0.6 is 0 Å². The number of halogens is 2. The van der Waals surface area contributed by atoms with Crippen LogP contribution < -0.4 is 5.73 Å². The lowest BCUT2D eigenvalue weighted by atomic mass is 10.4. The molecule has 0 spiro atoms. The van der Waals surface area contributed by atoms with Crippen molar-refractivity contribution in [2.45, 2.75) is 12.8 Å². The first-order chi connectivity index (χ1) is 4.63. The summed E-state index contributed by atoms with van der Waals surface area (Å²) in [6.07, 6.45) is -2.49. The van der Waals surface area contributed by atoms with Gasteiger partial charge in [0.25, 0.3) is 6.43 Å². The highest BCUT2D eigenvalue weighted by Crippen LogP contribution is 1.92. The van der Waals surface area contributed by atoms with E-state index in [9.17, 15) is 13.6 Å². The fraction of sp³-hybridized carbons (Fsp3) is 0.800. The third-order valence-corrected chi connectivity index (χ3v) is 0.737. The first-order valence-electron chi connectivity index (χ1n) is 2.77. The lowest BCUT2D eigenvalue weighted by molar-refractivity contribution is -0.119. The van der Waals surface area contributed by atoms with Gasteiger partial charge in [-0.05, 0) is 0 Å². The molecule has 0 saturated heterocycles. The normalized spacial score (nSPS) is 10.3. The molecule has 0 atom stereocenters. The maximum atomic E-state index is 11.3. The number of rotatable bonds is 5. The molecule has 5 heteroatoms. The lowest BCUT2D eigenvalue weighted by Crippen LogP contribution is -2.15. The Balaban J connectivity index is 2.98. The molecular weight excluding hydrogens is 144 g/mol. The Labute approximate surface area is 57.1 Å². The van der Waals surface area contributed by atoms with Gasteiger partial charge in [0.05, 0.1) is 6.61 Å². The molecule has 0 heterocycles. The van der Waals surface area contributed by atoms with Crippen molar-refractivity contribution in [3.63, 3.8) is 0 Å². The molecular formula is C5H9F2NO2. The summed E-state index contributed by atoms with van der Waals surface area (Å²) in [6.45, 7) is -0.660. The zero-order valence-electron chi connectivity index (χ0n) is 5.35. The van der Waals surface area contributed by atoms with Crippen LogP contribution in [0.2, 0.25) is 0 Å². The van der Waals surface area contributed by atoms with E-state index >= 15 is 0 Å². The highest BCUT2D eigenvalue weighted by atomic mass is 19.3. The summed E-state index contributed by atoms with van der Waals surface area (Å²) in [7, 11) is 0. The summed E-state index contributed by atoms with van der Waals surface area (Å²) >= 11 is 0. The SMILES string of the molecule is NC(=O)CCOCC(F)F. The van der Waals surface area contributed by atoms with Crippen LogP contribution in [-0.4, -0.2) is 25.5 Å². The van der Waals surface area contributed by atoms with Gasteiger partial charge in [-0.2, -0.15) is 0 Å². The molecule has 0 aliphatic rings. The number of hydrogen-bond donors (Lipinski definition) is 1. The quantitative estimate of drug-likeness (QED) is 0.571. The van der Waals surface area contributed by atoms with E-state index in [0.717, 1.165) is 0 Å². The summed E-state index contributed by atoms with van der Waals surface area (Å²) in [5, 5.41) is 0. The summed E-state index contributed by atoms with van der Waals surface area (Å²) in [5.41, 5.74) is 4.70. The Morgan fingerprint density at radius 2 is 2.20 bits per heavy atom. The highest BCUT2D eigenvalue weighted by Gasteiger charge is 2.01. The monoisotopic (exact) mass is 153 g/mol. The van der Waals surface area contributed by atoms with Crippen LogP contribution in [0.4, 0.5) is 8.78 Å². The average molecular weight is 153 g/mol. The van der Waals surface area contributed by atoms with Gasteiger partial charge in [-0.3, -0.25) is 4.79 Å². The summed E-state index contributed by atoms with van der Waals surface area (Å²) in [4.78, 5) is 10.00. The Morgan fingerprint density at radius 1 is 1.60 bits per heavy atom. The van der Waals surface area contributed by atoms with Crippen molar-refractivity contribution in [3.05, 3.63) is 0 Å². The fourth-order valence-corrected chi connectivity index (χ4v) is 0.345. The van der Waals surface area contributed by atoms with Gasteiger partial charge >= 0.3 is 0 Å². The maximum absolute atomic E-state index is 11.3. The molecule has 0 aliphatic carbocycles. The van der Waals surface area contributed by atoms with E-state index in [1.807, 2.05) is 0 Å². The molecule has 0 fully saturated rings. The Hall–Kier alpha value is -0.710. The Bertz CT molecular complexity index is 108. The van der Waals surface area contributed by atoms with E-state index < -0.39 is 18.9 Å². The molecule has 3 nitrogen and oxygen atoms in total. The van der Waals surface area contributed by atoms with Crippen molar-refractivity contribution in [2.75, 3.05) is 13.2 Å². The molecule has 0 rings (SSSR count). The minimum Gasteiger partial charge on any atom is -0.375 e. The third-order valence-electron chi connectivity index (χ3n) is 0.737. The molecule has 0 aromatic rings. The molecule has 0 aliphatic heterocycles. The molecule has 2 N–H and O–H groups in total. The molecule has 0 unspecified atom stereocenters. The number of amides is 1. The molecule has 10 heavy (non-hydrogen) atoms. The van der Waals surface area contributed by atoms with E-state index in [4.69, 9.17) is 5.73 Å². The number of nitrogens with two attached hydrogens (primary N) is 1. The minimum absolute atomic E-state index is 0.00722. The number of ether oxygens (including phenoxy) is 1. The molecule has 0 aromatic heterocycles. The van der Waals surface area contributed by atoms with Crippen LogP contribution in [0, 0.1) is 0 Å². The highest BCUT2D eigenvalue weighted by molar-refractivity contribution is 5.73. The van der Waals surface area contributed by atoms with Crippen LogP contribution in [-0.2, 0) is 9.53 Å². The van der Waals surface area contributed by atoms with Gasteiger partial charge in [0.15, 0.2) is 0 Å². The van der Waals surface area contributed by atoms with Crippen LogP contribution in [0.25, 0.3) is 0 Å². The van der Waals surface area contributed by atoms with Crippen LogP contribution in [0.5, 0.6) is 0 Å². The van der Waals surface area contributed by atoms with Gasteiger partial charge < -0.3 is 10.5 Å². The van der Waals surface area contributed by atoms with Crippen molar-refractivity contribution in [1.82, 2.24) is 0 Å². The van der Waals surface area contributed by atoms with Gasteiger partial charge in [0.1, 0.15) is 6.61 Å². The maximum Gasteiger partial charge on any atom is 0.261 e. The number of hydrogen-bond acceptors (Lipinski definition) is 2. The molecule has 0 aromatic carbocycles. The third kappa shape index (κ3) is 7.29. The summed E-state index contributed by atoms with van der Waals surface area (Å²) in [6, 6.07) is 0. The van der Waals surface area contributed by atoms with Gasteiger partial charge in [0, 0.05) is 6.42 Å². The summed E-state index contributed by atoms with van der Waals surface area (Å²) < 4.78 is 27.0. The van der Waals surface area contributed by atoms with Crippen molar-refractivity contribution in [3.8, 4) is 0 Å². The molecule has 0 radical (unpaired) electrons. The molecule has 1 amide bonds. The van der Waals surface area contributed by atoms with Crippen molar-refractivity contribution >= 4 is 5.91 Å². The Kier molecular flexibility index (Phi) is 4.74. The van der Waals surface area contributed by atoms with Crippen LogP contribution in [0.3, 0.4) is 0 Å².